The fraction of sp³-hybridized carbons (Fsp3) is 1.00. The minimum Gasteiger partial charge on any atom is -0.396 e. The van der Waals surface area contributed by atoms with Crippen LogP contribution in [-0.4, -0.2) is 22.9 Å². The van der Waals surface area contributed by atoms with Crippen LogP contribution in [0.4, 0.5) is 0 Å². The molecule has 0 radical (unpaired) electrons. The van der Waals surface area contributed by atoms with E-state index >= 15 is 0 Å². The molecule has 0 amide bonds. The molecule has 2 aliphatic rings. The van der Waals surface area contributed by atoms with E-state index in [0.29, 0.717) is 29.8 Å². The second-order valence-corrected chi connectivity index (χ2v) is 5.92. The Balaban J connectivity index is 2.17. The van der Waals surface area contributed by atoms with E-state index in [1.807, 2.05) is 0 Å². The highest BCUT2D eigenvalue weighted by Gasteiger charge is 2.51. The predicted molar refractivity (Wildman–Crippen MR) is 60.4 cm³/mol. The highest BCUT2D eigenvalue weighted by atomic mass is 16.3. The number of aliphatic hydroxyl groups excluding tert-OH is 2. The lowest BCUT2D eigenvalue weighted by molar-refractivity contribution is -0.0321. The van der Waals surface area contributed by atoms with Gasteiger partial charge in [-0.15, -0.1) is 0 Å². The maximum absolute atomic E-state index is 10.1. The summed E-state index contributed by atoms with van der Waals surface area (Å²) in [7, 11) is 0. The molecule has 0 heterocycles. The van der Waals surface area contributed by atoms with Gasteiger partial charge in [-0.3, -0.25) is 0 Å². The Morgan fingerprint density at radius 1 is 1.33 bits per heavy atom. The largest absolute Gasteiger partial charge is 0.396 e. The molecule has 0 aromatic heterocycles. The zero-order valence-corrected chi connectivity index (χ0v) is 9.95. The van der Waals surface area contributed by atoms with E-state index in [9.17, 15) is 10.2 Å². The van der Waals surface area contributed by atoms with Crippen molar-refractivity contribution < 1.29 is 10.2 Å². The molecular weight excluding hydrogens is 188 g/mol. The van der Waals surface area contributed by atoms with Gasteiger partial charge in [0.1, 0.15) is 0 Å². The van der Waals surface area contributed by atoms with E-state index in [1.165, 1.54) is 12.8 Å². The average molecular weight is 212 g/mol. The SMILES string of the molecule is CC(CO)[C@@H]1CC[C@H]2[C@@H](O)CCC[C@]12C. The van der Waals surface area contributed by atoms with Crippen LogP contribution in [0.15, 0.2) is 0 Å². The Bertz CT molecular complexity index is 229. The molecule has 0 aromatic carbocycles. The van der Waals surface area contributed by atoms with Crippen LogP contribution in [-0.2, 0) is 0 Å². The predicted octanol–water partition coefficient (Wildman–Crippen LogP) is 2.19. The minimum absolute atomic E-state index is 0.0837. The number of hydrogen-bond donors (Lipinski definition) is 2. The zero-order valence-electron chi connectivity index (χ0n) is 9.95. The first-order valence-electron chi connectivity index (χ1n) is 6.38. The molecular formula is C13H24O2. The molecule has 0 saturated heterocycles. The molecule has 2 heteroatoms. The van der Waals surface area contributed by atoms with Crippen LogP contribution < -0.4 is 0 Å². The van der Waals surface area contributed by atoms with Crippen LogP contribution in [0.3, 0.4) is 0 Å². The van der Waals surface area contributed by atoms with Gasteiger partial charge in [-0.2, -0.15) is 0 Å². The third kappa shape index (κ3) is 1.72. The first-order chi connectivity index (χ1) is 7.09. The summed E-state index contributed by atoms with van der Waals surface area (Å²) in [6, 6.07) is 0. The second kappa shape index (κ2) is 4.06. The van der Waals surface area contributed by atoms with E-state index in [0.717, 1.165) is 19.3 Å². The summed E-state index contributed by atoms with van der Waals surface area (Å²) in [5.74, 6) is 1.50. The van der Waals surface area contributed by atoms with E-state index in [4.69, 9.17) is 0 Å². The van der Waals surface area contributed by atoms with Gasteiger partial charge in [0.2, 0.25) is 0 Å². The van der Waals surface area contributed by atoms with Crippen molar-refractivity contribution in [2.75, 3.05) is 6.61 Å². The van der Waals surface area contributed by atoms with Gasteiger partial charge in [-0.1, -0.05) is 20.3 Å². The molecule has 2 saturated carbocycles. The highest BCUT2D eigenvalue weighted by Crippen LogP contribution is 2.57. The number of aliphatic hydroxyl groups is 2. The van der Waals surface area contributed by atoms with Gasteiger partial charge >= 0.3 is 0 Å². The monoisotopic (exact) mass is 212 g/mol. The summed E-state index contributed by atoms with van der Waals surface area (Å²) in [6.07, 6.45) is 5.65. The van der Waals surface area contributed by atoms with Crippen molar-refractivity contribution in [1.82, 2.24) is 0 Å². The summed E-state index contributed by atoms with van der Waals surface area (Å²) in [4.78, 5) is 0. The van der Waals surface area contributed by atoms with Crippen LogP contribution >= 0.6 is 0 Å². The van der Waals surface area contributed by atoms with Gasteiger partial charge in [0.25, 0.3) is 0 Å². The molecule has 2 fully saturated rings. The Morgan fingerprint density at radius 3 is 2.73 bits per heavy atom. The van der Waals surface area contributed by atoms with Crippen LogP contribution in [0.5, 0.6) is 0 Å². The zero-order chi connectivity index (χ0) is 11.1. The lowest BCUT2D eigenvalue weighted by atomic mass is 9.62. The molecule has 0 bridgehead atoms. The smallest absolute Gasteiger partial charge is 0.0573 e. The van der Waals surface area contributed by atoms with Crippen LogP contribution in [0.1, 0.15) is 46.0 Å². The van der Waals surface area contributed by atoms with Gasteiger partial charge in [0.15, 0.2) is 0 Å². The molecule has 2 rings (SSSR count). The van der Waals surface area contributed by atoms with E-state index in [-0.39, 0.29) is 6.10 Å². The molecule has 5 atom stereocenters. The van der Waals surface area contributed by atoms with Crippen LogP contribution in [0.2, 0.25) is 0 Å². The first-order valence-corrected chi connectivity index (χ1v) is 6.38. The van der Waals surface area contributed by atoms with Gasteiger partial charge < -0.3 is 10.2 Å². The Hall–Kier alpha value is -0.0800. The summed E-state index contributed by atoms with van der Waals surface area (Å²) in [5.41, 5.74) is 0.291. The maximum Gasteiger partial charge on any atom is 0.0573 e. The number of hydrogen-bond acceptors (Lipinski definition) is 2. The van der Waals surface area contributed by atoms with Crippen LogP contribution in [0, 0.1) is 23.2 Å². The minimum atomic E-state index is -0.0837. The molecule has 0 spiro atoms. The summed E-state index contributed by atoms with van der Waals surface area (Å²) in [6.45, 7) is 4.78. The molecule has 2 nitrogen and oxygen atoms in total. The van der Waals surface area contributed by atoms with Gasteiger partial charge in [0.05, 0.1) is 6.10 Å². The number of rotatable bonds is 2. The first kappa shape index (κ1) is 11.4. The van der Waals surface area contributed by atoms with Crippen molar-refractivity contribution in [3.8, 4) is 0 Å². The standard InChI is InChI=1S/C13H24O2/c1-9(8-14)10-5-6-11-12(15)4-3-7-13(10,11)2/h9-12,14-15H,3-8H2,1-2H3/t9?,10-,11-,12-,13+/m0/s1. The molecule has 0 aliphatic heterocycles. The molecule has 2 aliphatic carbocycles. The van der Waals surface area contributed by atoms with Crippen molar-refractivity contribution in [2.24, 2.45) is 23.2 Å². The molecule has 1 unspecified atom stereocenters. The Kier molecular flexibility index (Phi) is 3.09. The Morgan fingerprint density at radius 2 is 2.07 bits per heavy atom. The quantitative estimate of drug-likeness (QED) is 0.736. The second-order valence-electron chi connectivity index (χ2n) is 5.92. The van der Waals surface area contributed by atoms with Crippen molar-refractivity contribution in [3.05, 3.63) is 0 Å². The van der Waals surface area contributed by atoms with E-state index < -0.39 is 0 Å². The molecule has 88 valence electrons. The maximum atomic E-state index is 10.1. The third-order valence-corrected chi connectivity index (χ3v) is 5.14. The van der Waals surface area contributed by atoms with E-state index in [1.54, 1.807) is 0 Å². The summed E-state index contributed by atoms with van der Waals surface area (Å²) < 4.78 is 0. The fourth-order valence-corrected chi connectivity index (χ4v) is 4.25. The van der Waals surface area contributed by atoms with Crippen molar-refractivity contribution in [3.63, 3.8) is 0 Å². The lowest BCUT2D eigenvalue weighted by Gasteiger charge is -2.45. The summed E-state index contributed by atoms with van der Waals surface area (Å²) in [5, 5.41) is 19.4. The molecule has 2 N–H and O–H groups in total. The van der Waals surface area contributed by atoms with Crippen molar-refractivity contribution >= 4 is 0 Å². The Labute approximate surface area is 92.7 Å². The lowest BCUT2D eigenvalue weighted by Crippen LogP contribution is -2.41. The number of fused-ring (bicyclic) bond motifs is 1. The highest BCUT2D eigenvalue weighted by molar-refractivity contribution is 5.01. The molecule has 15 heavy (non-hydrogen) atoms. The molecule has 0 aromatic rings. The summed E-state index contributed by atoms with van der Waals surface area (Å²) >= 11 is 0. The fourth-order valence-electron chi connectivity index (χ4n) is 4.25. The normalized spacial score (nSPS) is 47.6. The third-order valence-electron chi connectivity index (χ3n) is 5.14. The van der Waals surface area contributed by atoms with Gasteiger partial charge in [-0.25, -0.2) is 0 Å². The van der Waals surface area contributed by atoms with Crippen molar-refractivity contribution in [1.29, 1.82) is 0 Å². The van der Waals surface area contributed by atoms with Crippen molar-refractivity contribution in [2.45, 2.75) is 52.1 Å². The van der Waals surface area contributed by atoms with Gasteiger partial charge in [0, 0.05) is 6.61 Å². The van der Waals surface area contributed by atoms with E-state index in [2.05, 4.69) is 13.8 Å². The van der Waals surface area contributed by atoms with Gasteiger partial charge in [-0.05, 0) is 48.9 Å². The topological polar surface area (TPSA) is 40.5 Å². The average Bonchev–Trinajstić information content (AvgIpc) is 2.56. The van der Waals surface area contributed by atoms with Crippen LogP contribution in [0.25, 0.3) is 0 Å².